The van der Waals surface area contributed by atoms with Crippen molar-refractivity contribution in [1.82, 2.24) is 10.6 Å². The Morgan fingerprint density at radius 1 is 1.39 bits per heavy atom. The molecule has 3 amide bonds. The van der Waals surface area contributed by atoms with Crippen LogP contribution >= 0.6 is 0 Å². The van der Waals surface area contributed by atoms with Crippen molar-refractivity contribution in [3.05, 3.63) is 35.4 Å². The summed E-state index contributed by atoms with van der Waals surface area (Å²) in [6.45, 7) is 2.07. The standard InChI is InChI=1S/C12H17N3O3/c1-8(11(17)15-12(13)18)14-6-9-3-2-4-10(5-9)7-16/h2-5,8,14,16H,6-7H2,1H3,(H3,13,15,17,18). The molecule has 98 valence electrons. The number of benzene rings is 1. The first-order chi connectivity index (χ1) is 8.52. The molecule has 1 aromatic rings. The number of rotatable bonds is 5. The van der Waals surface area contributed by atoms with Crippen molar-refractivity contribution in [2.75, 3.05) is 0 Å². The van der Waals surface area contributed by atoms with Gasteiger partial charge in [0.25, 0.3) is 0 Å². The van der Waals surface area contributed by atoms with Gasteiger partial charge in [0.1, 0.15) is 0 Å². The second-order valence-corrected chi connectivity index (χ2v) is 3.93. The molecule has 1 unspecified atom stereocenters. The summed E-state index contributed by atoms with van der Waals surface area (Å²) in [4.78, 5) is 21.9. The molecule has 0 radical (unpaired) electrons. The third-order valence-electron chi connectivity index (χ3n) is 2.43. The fraction of sp³-hybridized carbons (Fsp3) is 0.333. The monoisotopic (exact) mass is 251 g/mol. The van der Waals surface area contributed by atoms with Crippen LogP contribution in [0.2, 0.25) is 0 Å². The third-order valence-corrected chi connectivity index (χ3v) is 2.43. The maximum absolute atomic E-state index is 11.4. The number of aliphatic hydroxyl groups is 1. The molecule has 1 atom stereocenters. The molecule has 0 aliphatic carbocycles. The van der Waals surface area contributed by atoms with Crippen LogP contribution in [0.15, 0.2) is 24.3 Å². The van der Waals surface area contributed by atoms with Gasteiger partial charge in [-0.2, -0.15) is 0 Å². The van der Waals surface area contributed by atoms with Crippen molar-refractivity contribution in [2.45, 2.75) is 26.1 Å². The van der Waals surface area contributed by atoms with Crippen molar-refractivity contribution in [1.29, 1.82) is 0 Å². The largest absolute Gasteiger partial charge is 0.392 e. The Morgan fingerprint density at radius 3 is 2.67 bits per heavy atom. The Morgan fingerprint density at radius 2 is 2.06 bits per heavy atom. The second kappa shape index (κ2) is 6.73. The maximum atomic E-state index is 11.4. The van der Waals surface area contributed by atoms with Crippen LogP contribution < -0.4 is 16.4 Å². The summed E-state index contributed by atoms with van der Waals surface area (Å²) in [5.74, 6) is -0.471. The van der Waals surface area contributed by atoms with Crippen molar-refractivity contribution < 1.29 is 14.7 Å². The number of aliphatic hydroxyl groups excluding tert-OH is 1. The Balaban J connectivity index is 2.48. The van der Waals surface area contributed by atoms with Gasteiger partial charge < -0.3 is 16.2 Å². The minimum absolute atomic E-state index is 0.0223. The van der Waals surface area contributed by atoms with Crippen LogP contribution in [0.4, 0.5) is 4.79 Å². The number of amides is 3. The minimum atomic E-state index is -0.865. The van der Waals surface area contributed by atoms with Crippen LogP contribution in [0.1, 0.15) is 18.1 Å². The zero-order valence-electron chi connectivity index (χ0n) is 10.1. The molecule has 1 aromatic carbocycles. The minimum Gasteiger partial charge on any atom is -0.392 e. The SMILES string of the molecule is CC(NCc1cccc(CO)c1)C(=O)NC(N)=O. The summed E-state index contributed by atoms with van der Waals surface area (Å²) in [6, 6.07) is 5.96. The summed E-state index contributed by atoms with van der Waals surface area (Å²) >= 11 is 0. The summed E-state index contributed by atoms with van der Waals surface area (Å²) in [5, 5.41) is 13.9. The van der Waals surface area contributed by atoms with Gasteiger partial charge in [-0.05, 0) is 18.1 Å². The molecule has 1 rings (SSSR count). The van der Waals surface area contributed by atoms with E-state index in [1.807, 2.05) is 29.6 Å². The van der Waals surface area contributed by atoms with Gasteiger partial charge in [0.2, 0.25) is 5.91 Å². The van der Waals surface area contributed by atoms with Gasteiger partial charge in [0, 0.05) is 6.54 Å². The molecule has 0 aliphatic rings. The quantitative estimate of drug-likeness (QED) is 0.584. The van der Waals surface area contributed by atoms with E-state index < -0.39 is 18.0 Å². The van der Waals surface area contributed by atoms with E-state index in [2.05, 4.69) is 5.32 Å². The number of hydrogen-bond acceptors (Lipinski definition) is 4. The number of nitrogens with two attached hydrogens (primary N) is 1. The fourth-order valence-electron chi connectivity index (χ4n) is 1.43. The number of hydrogen-bond donors (Lipinski definition) is 4. The molecule has 0 aromatic heterocycles. The maximum Gasteiger partial charge on any atom is 0.318 e. The molecule has 0 saturated carbocycles. The highest BCUT2D eigenvalue weighted by Crippen LogP contribution is 2.05. The lowest BCUT2D eigenvalue weighted by Gasteiger charge is -2.12. The predicted octanol–water partition coefficient (Wildman–Crippen LogP) is -0.148. The molecule has 6 nitrogen and oxygen atoms in total. The lowest BCUT2D eigenvalue weighted by atomic mass is 10.1. The summed E-state index contributed by atoms with van der Waals surface area (Å²) in [7, 11) is 0. The van der Waals surface area contributed by atoms with Gasteiger partial charge in [-0.25, -0.2) is 4.79 Å². The average molecular weight is 251 g/mol. The van der Waals surface area contributed by atoms with Crippen LogP contribution in [-0.4, -0.2) is 23.1 Å². The van der Waals surface area contributed by atoms with E-state index in [1.165, 1.54) is 0 Å². The van der Waals surface area contributed by atoms with Gasteiger partial charge in [-0.3, -0.25) is 10.1 Å². The highest BCUT2D eigenvalue weighted by Gasteiger charge is 2.13. The molecular weight excluding hydrogens is 234 g/mol. The molecular formula is C12H17N3O3. The Kier molecular flexibility index (Phi) is 5.29. The molecule has 0 fully saturated rings. The van der Waals surface area contributed by atoms with E-state index in [9.17, 15) is 9.59 Å². The number of imide groups is 1. The zero-order valence-corrected chi connectivity index (χ0v) is 10.1. The van der Waals surface area contributed by atoms with Crippen LogP contribution in [0.3, 0.4) is 0 Å². The Hall–Kier alpha value is -1.92. The number of primary amides is 1. The summed E-state index contributed by atoms with van der Waals surface area (Å²) < 4.78 is 0. The predicted molar refractivity (Wildman–Crippen MR) is 66.4 cm³/mol. The van der Waals surface area contributed by atoms with Gasteiger partial charge in [0.05, 0.1) is 12.6 Å². The van der Waals surface area contributed by atoms with Crippen LogP contribution in [0.25, 0.3) is 0 Å². The Bertz CT molecular complexity index is 434. The molecule has 6 heteroatoms. The average Bonchev–Trinajstić information content (AvgIpc) is 2.35. The highest BCUT2D eigenvalue weighted by molar-refractivity contribution is 5.96. The molecule has 0 bridgehead atoms. The number of carbonyl (C=O) groups excluding carboxylic acids is 2. The van der Waals surface area contributed by atoms with Crippen LogP contribution in [0.5, 0.6) is 0 Å². The first kappa shape index (κ1) is 14.1. The van der Waals surface area contributed by atoms with Crippen LogP contribution in [0, 0.1) is 0 Å². The smallest absolute Gasteiger partial charge is 0.318 e. The van der Waals surface area contributed by atoms with Gasteiger partial charge in [-0.15, -0.1) is 0 Å². The van der Waals surface area contributed by atoms with Gasteiger partial charge >= 0.3 is 6.03 Å². The highest BCUT2D eigenvalue weighted by atomic mass is 16.3. The number of carbonyl (C=O) groups is 2. The lowest BCUT2D eigenvalue weighted by Crippen LogP contribution is -2.46. The molecule has 0 saturated heterocycles. The normalized spacial score (nSPS) is 11.9. The lowest BCUT2D eigenvalue weighted by molar-refractivity contribution is -0.121. The van der Waals surface area contributed by atoms with E-state index in [4.69, 9.17) is 10.8 Å². The van der Waals surface area contributed by atoms with Gasteiger partial charge in [-0.1, -0.05) is 24.3 Å². The number of nitrogens with one attached hydrogen (secondary N) is 2. The molecule has 18 heavy (non-hydrogen) atoms. The second-order valence-electron chi connectivity index (χ2n) is 3.93. The van der Waals surface area contributed by atoms with Crippen molar-refractivity contribution in [3.8, 4) is 0 Å². The van der Waals surface area contributed by atoms with E-state index in [1.54, 1.807) is 6.92 Å². The van der Waals surface area contributed by atoms with Crippen LogP contribution in [-0.2, 0) is 17.9 Å². The van der Waals surface area contributed by atoms with E-state index >= 15 is 0 Å². The summed E-state index contributed by atoms with van der Waals surface area (Å²) in [5.41, 5.74) is 6.60. The third kappa shape index (κ3) is 4.52. The van der Waals surface area contributed by atoms with E-state index in [0.717, 1.165) is 11.1 Å². The van der Waals surface area contributed by atoms with Crippen molar-refractivity contribution >= 4 is 11.9 Å². The fourth-order valence-corrected chi connectivity index (χ4v) is 1.43. The molecule has 0 spiro atoms. The number of urea groups is 1. The van der Waals surface area contributed by atoms with Crippen molar-refractivity contribution in [2.24, 2.45) is 5.73 Å². The molecule has 5 N–H and O–H groups in total. The first-order valence-corrected chi connectivity index (χ1v) is 5.55. The Labute approximate surface area is 105 Å². The van der Waals surface area contributed by atoms with E-state index in [-0.39, 0.29) is 6.61 Å². The van der Waals surface area contributed by atoms with Gasteiger partial charge in [0.15, 0.2) is 0 Å². The topological polar surface area (TPSA) is 104 Å². The zero-order chi connectivity index (χ0) is 13.5. The molecule has 0 heterocycles. The van der Waals surface area contributed by atoms with Crippen molar-refractivity contribution in [3.63, 3.8) is 0 Å². The molecule has 0 aliphatic heterocycles. The first-order valence-electron chi connectivity index (χ1n) is 5.55. The van der Waals surface area contributed by atoms with E-state index in [0.29, 0.717) is 6.54 Å². The summed E-state index contributed by atoms with van der Waals surface area (Å²) in [6.07, 6.45) is 0.